The van der Waals surface area contributed by atoms with Crippen molar-refractivity contribution in [2.24, 2.45) is 10.8 Å². The molecule has 18 heavy (non-hydrogen) atoms. The van der Waals surface area contributed by atoms with E-state index in [0.717, 1.165) is 18.5 Å². The van der Waals surface area contributed by atoms with Gasteiger partial charge in [0.15, 0.2) is 0 Å². The highest BCUT2D eigenvalue weighted by Crippen LogP contribution is 2.70. The predicted octanol–water partition coefficient (Wildman–Crippen LogP) is 3.31. The molecule has 0 saturated heterocycles. The Morgan fingerprint density at radius 2 is 1.67 bits per heavy atom. The van der Waals surface area contributed by atoms with E-state index >= 15 is 0 Å². The second-order valence-corrected chi connectivity index (χ2v) is 6.76. The molecule has 0 radical (unpaired) electrons. The maximum Gasteiger partial charge on any atom is 0.140 e. The molecule has 3 rings (SSSR count). The Balaban J connectivity index is 2.17. The summed E-state index contributed by atoms with van der Waals surface area (Å²) in [4.78, 5) is 12.4. The average Bonchev–Trinajstić information content (AvgIpc) is 2.60. The Bertz CT molecular complexity index is 516. The van der Waals surface area contributed by atoms with Crippen LogP contribution in [0.5, 0.6) is 0 Å². The molecular formula is C16H21NO. The molecular weight excluding hydrogens is 222 g/mol. The summed E-state index contributed by atoms with van der Waals surface area (Å²) in [6.45, 7) is 6.68. The summed E-state index contributed by atoms with van der Waals surface area (Å²) in [5.41, 5.74) is 7.76. The molecule has 1 aromatic carbocycles. The van der Waals surface area contributed by atoms with Crippen molar-refractivity contribution >= 4 is 11.5 Å². The Morgan fingerprint density at radius 1 is 1.06 bits per heavy atom. The maximum atomic E-state index is 12.4. The lowest BCUT2D eigenvalue weighted by Gasteiger charge is -2.40. The van der Waals surface area contributed by atoms with E-state index in [1.54, 1.807) is 0 Å². The number of nitrogens with two attached hydrogens (primary N) is 1. The van der Waals surface area contributed by atoms with Crippen molar-refractivity contribution in [3.63, 3.8) is 0 Å². The summed E-state index contributed by atoms with van der Waals surface area (Å²) in [5, 5.41) is 0. The minimum Gasteiger partial charge on any atom is -0.399 e. The lowest BCUT2D eigenvalue weighted by atomic mass is 9.62. The van der Waals surface area contributed by atoms with Gasteiger partial charge in [-0.2, -0.15) is 0 Å². The highest BCUT2D eigenvalue weighted by atomic mass is 16.1. The number of ketones is 1. The van der Waals surface area contributed by atoms with Crippen molar-refractivity contribution in [1.29, 1.82) is 0 Å². The quantitative estimate of drug-likeness (QED) is 0.769. The molecule has 2 bridgehead atoms. The van der Waals surface area contributed by atoms with Gasteiger partial charge < -0.3 is 5.73 Å². The normalized spacial score (nSPS) is 37.2. The van der Waals surface area contributed by atoms with Crippen molar-refractivity contribution in [2.45, 2.75) is 45.4 Å². The Labute approximate surface area is 109 Å². The fourth-order valence-electron chi connectivity index (χ4n) is 4.29. The van der Waals surface area contributed by atoms with E-state index in [1.165, 1.54) is 5.56 Å². The minimum absolute atomic E-state index is 0.0204. The van der Waals surface area contributed by atoms with E-state index in [-0.39, 0.29) is 16.2 Å². The number of fused-ring (bicyclic) bond motifs is 2. The predicted molar refractivity (Wildman–Crippen MR) is 73.3 cm³/mol. The lowest BCUT2D eigenvalue weighted by Crippen LogP contribution is -2.38. The van der Waals surface area contributed by atoms with Crippen molar-refractivity contribution in [3.8, 4) is 0 Å². The summed E-state index contributed by atoms with van der Waals surface area (Å²) >= 11 is 0. The SMILES string of the molecule is CC1(C)[C@]2(c3ccc(N)cc3)CC[C@@]1(C)C(=O)C2. The molecule has 2 aliphatic carbocycles. The molecule has 0 heterocycles. The van der Waals surface area contributed by atoms with Gasteiger partial charge in [-0.25, -0.2) is 0 Å². The zero-order valence-electron chi connectivity index (χ0n) is 11.4. The van der Waals surface area contributed by atoms with Gasteiger partial charge >= 0.3 is 0 Å². The summed E-state index contributed by atoms with van der Waals surface area (Å²) in [6, 6.07) is 8.14. The van der Waals surface area contributed by atoms with Crippen molar-refractivity contribution in [2.75, 3.05) is 5.73 Å². The zero-order valence-corrected chi connectivity index (χ0v) is 11.4. The van der Waals surface area contributed by atoms with Crippen molar-refractivity contribution in [1.82, 2.24) is 0 Å². The van der Waals surface area contributed by atoms with E-state index < -0.39 is 0 Å². The monoisotopic (exact) mass is 243 g/mol. The molecule has 0 unspecified atom stereocenters. The van der Waals surface area contributed by atoms with Gasteiger partial charge in [0.1, 0.15) is 5.78 Å². The Hall–Kier alpha value is -1.31. The molecule has 2 aliphatic rings. The fraction of sp³-hybridized carbons (Fsp3) is 0.562. The van der Waals surface area contributed by atoms with Gasteiger partial charge in [0, 0.05) is 22.9 Å². The number of anilines is 1. The Morgan fingerprint density at radius 3 is 2.11 bits per heavy atom. The molecule has 0 aliphatic heterocycles. The van der Waals surface area contributed by atoms with Crippen LogP contribution in [0.15, 0.2) is 24.3 Å². The van der Waals surface area contributed by atoms with E-state index in [2.05, 4.69) is 32.9 Å². The first-order chi connectivity index (χ1) is 8.33. The smallest absolute Gasteiger partial charge is 0.140 e. The number of Topliss-reactive ketones (excluding diaryl/α,β-unsaturated/α-hetero) is 1. The number of hydrogen-bond acceptors (Lipinski definition) is 2. The second-order valence-electron chi connectivity index (χ2n) is 6.76. The van der Waals surface area contributed by atoms with Crippen LogP contribution in [0.4, 0.5) is 5.69 Å². The molecule has 96 valence electrons. The number of rotatable bonds is 1. The van der Waals surface area contributed by atoms with Gasteiger partial charge in [0.05, 0.1) is 0 Å². The van der Waals surface area contributed by atoms with E-state index in [9.17, 15) is 4.79 Å². The van der Waals surface area contributed by atoms with Gasteiger partial charge in [-0.1, -0.05) is 32.9 Å². The number of benzene rings is 1. The average molecular weight is 243 g/mol. The van der Waals surface area contributed by atoms with Gasteiger partial charge in [-0.15, -0.1) is 0 Å². The highest BCUT2D eigenvalue weighted by molar-refractivity contribution is 5.91. The van der Waals surface area contributed by atoms with E-state index in [0.29, 0.717) is 12.2 Å². The van der Waals surface area contributed by atoms with Crippen LogP contribution in [0.25, 0.3) is 0 Å². The van der Waals surface area contributed by atoms with Gasteiger partial charge in [-0.05, 0) is 36.0 Å². The molecule has 2 N–H and O–H groups in total. The maximum absolute atomic E-state index is 12.4. The van der Waals surface area contributed by atoms with Crippen LogP contribution >= 0.6 is 0 Å². The van der Waals surface area contributed by atoms with Crippen molar-refractivity contribution < 1.29 is 4.79 Å². The summed E-state index contributed by atoms with van der Waals surface area (Å²) in [6.07, 6.45) is 2.83. The standard InChI is InChI=1S/C16H21NO/c1-14(2)15(3)8-9-16(14,10-13(15)18)11-4-6-12(17)7-5-11/h4-7H,8-10,17H2,1-3H3/t15-,16+/m0/s1. The number of carbonyl (C=O) groups excluding carboxylic acids is 1. The van der Waals surface area contributed by atoms with E-state index in [4.69, 9.17) is 5.73 Å². The van der Waals surface area contributed by atoms with Crippen LogP contribution in [0, 0.1) is 10.8 Å². The lowest BCUT2D eigenvalue weighted by molar-refractivity contribution is -0.128. The van der Waals surface area contributed by atoms with Gasteiger partial charge in [0.25, 0.3) is 0 Å². The molecule has 0 amide bonds. The minimum atomic E-state index is -0.144. The number of carbonyl (C=O) groups is 1. The van der Waals surface area contributed by atoms with Gasteiger partial charge in [-0.3, -0.25) is 4.79 Å². The second kappa shape index (κ2) is 3.17. The third-order valence-corrected chi connectivity index (χ3v) is 6.17. The van der Waals surface area contributed by atoms with Crippen LogP contribution in [0.1, 0.15) is 45.6 Å². The van der Waals surface area contributed by atoms with Crippen LogP contribution in [0.2, 0.25) is 0 Å². The number of hydrogen-bond donors (Lipinski definition) is 1. The third kappa shape index (κ3) is 1.07. The number of nitrogen functional groups attached to an aromatic ring is 1. The van der Waals surface area contributed by atoms with Crippen LogP contribution < -0.4 is 5.73 Å². The molecule has 2 atom stereocenters. The Kier molecular flexibility index (Phi) is 2.07. The van der Waals surface area contributed by atoms with Crippen LogP contribution in [-0.4, -0.2) is 5.78 Å². The molecule has 2 saturated carbocycles. The van der Waals surface area contributed by atoms with Crippen molar-refractivity contribution in [3.05, 3.63) is 29.8 Å². The molecule has 0 spiro atoms. The molecule has 0 aromatic heterocycles. The first-order valence-electron chi connectivity index (χ1n) is 6.73. The molecule has 2 fully saturated rings. The molecule has 2 nitrogen and oxygen atoms in total. The molecule has 2 heteroatoms. The van der Waals surface area contributed by atoms with Gasteiger partial charge in [0.2, 0.25) is 0 Å². The summed E-state index contributed by atoms with van der Waals surface area (Å²) in [5.74, 6) is 0.440. The largest absolute Gasteiger partial charge is 0.399 e. The first-order valence-corrected chi connectivity index (χ1v) is 6.73. The van der Waals surface area contributed by atoms with Crippen LogP contribution in [0.3, 0.4) is 0 Å². The third-order valence-electron chi connectivity index (χ3n) is 6.17. The summed E-state index contributed by atoms with van der Waals surface area (Å²) < 4.78 is 0. The van der Waals surface area contributed by atoms with Crippen LogP contribution in [-0.2, 0) is 10.2 Å². The zero-order chi connectivity index (χ0) is 13.2. The summed E-state index contributed by atoms with van der Waals surface area (Å²) in [7, 11) is 0. The first kappa shape index (κ1) is 11.8. The highest BCUT2D eigenvalue weighted by Gasteiger charge is 2.69. The topological polar surface area (TPSA) is 43.1 Å². The fourth-order valence-corrected chi connectivity index (χ4v) is 4.29. The van der Waals surface area contributed by atoms with E-state index in [1.807, 2.05) is 12.1 Å². The molecule has 1 aromatic rings.